The molecule has 2 N–H and O–H groups in total. The van der Waals surface area contributed by atoms with Gasteiger partial charge in [0, 0.05) is 33.2 Å². The Morgan fingerprint density at radius 2 is 1.69 bits per heavy atom. The number of ketones is 1. The van der Waals surface area contributed by atoms with Gasteiger partial charge in [0.05, 0.1) is 11.4 Å². The number of primary sulfonamides is 1. The van der Waals surface area contributed by atoms with Crippen LogP contribution in [0.4, 0.5) is 0 Å². The van der Waals surface area contributed by atoms with Crippen LogP contribution in [-0.4, -0.2) is 43.3 Å². The molecule has 0 spiro atoms. The average Bonchev–Trinajstić information content (AvgIpc) is 3.34. The van der Waals surface area contributed by atoms with Crippen LogP contribution in [0.2, 0.25) is 5.02 Å². The lowest BCUT2D eigenvalue weighted by Crippen LogP contribution is -2.27. The molecule has 0 aliphatic carbocycles. The minimum Gasteiger partial charge on any atom is -0.317 e. The average molecular weight is 472 g/mol. The molecule has 6 nitrogen and oxygen atoms in total. The Morgan fingerprint density at radius 3 is 2.31 bits per heavy atom. The Morgan fingerprint density at radius 1 is 1.03 bits per heavy atom. The number of benzene rings is 2. The Kier molecular flexibility index (Phi) is 6.27. The maximum atomic E-state index is 13.5. The van der Waals surface area contributed by atoms with Crippen LogP contribution in [0, 0.1) is 13.8 Å². The van der Waals surface area contributed by atoms with Crippen LogP contribution < -0.4 is 5.14 Å². The number of rotatable bonds is 6. The Bertz CT molecular complexity index is 1270. The molecule has 1 aliphatic rings. The molecule has 168 valence electrons. The highest BCUT2D eigenvalue weighted by atomic mass is 35.5. The van der Waals surface area contributed by atoms with Gasteiger partial charge in [0.2, 0.25) is 10.0 Å². The standard InChI is InChI=1S/C24H26ClN3O3S/c1-16-23(18-6-5-7-21(14-18)32(26,30)31)24(22(29)15-27-12-3-4-13-27)17(2)28(16)20-10-8-19(25)9-11-20/h5-11,14H,3-4,12-13,15H2,1-2H3,(H2,26,30,31). The van der Waals surface area contributed by atoms with Gasteiger partial charge >= 0.3 is 0 Å². The van der Waals surface area contributed by atoms with Gasteiger partial charge in [-0.3, -0.25) is 9.69 Å². The van der Waals surface area contributed by atoms with Crippen LogP contribution in [0.15, 0.2) is 53.4 Å². The van der Waals surface area contributed by atoms with Crippen LogP contribution in [0.3, 0.4) is 0 Å². The smallest absolute Gasteiger partial charge is 0.238 e. The minimum absolute atomic E-state index is 0.0178. The molecule has 0 saturated carbocycles. The van der Waals surface area contributed by atoms with E-state index in [2.05, 4.69) is 4.90 Å². The van der Waals surface area contributed by atoms with E-state index in [1.165, 1.54) is 12.1 Å². The van der Waals surface area contributed by atoms with Crippen molar-refractivity contribution in [1.82, 2.24) is 9.47 Å². The first kappa shape index (κ1) is 22.7. The second-order valence-electron chi connectivity index (χ2n) is 8.21. The molecule has 8 heteroatoms. The predicted octanol–water partition coefficient (Wildman–Crippen LogP) is 4.34. The van der Waals surface area contributed by atoms with E-state index in [4.69, 9.17) is 16.7 Å². The fourth-order valence-corrected chi connectivity index (χ4v) is 5.25. The zero-order chi connectivity index (χ0) is 23.0. The maximum Gasteiger partial charge on any atom is 0.238 e. The summed E-state index contributed by atoms with van der Waals surface area (Å²) in [7, 11) is -3.87. The zero-order valence-electron chi connectivity index (χ0n) is 18.1. The molecule has 0 atom stereocenters. The van der Waals surface area contributed by atoms with Crippen LogP contribution in [0.5, 0.6) is 0 Å². The van der Waals surface area contributed by atoms with Gasteiger partial charge in [0.1, 0.15) is 0 Å². The Labute approximate surface area is 193 Å². The summed E-state index contributed by atoms with van der Waals surface area (Å²) in [6.45, 7) is 6.03. The molecule has 2 heterocycles. The predicted molar refractivity (Wildman–Crippen MR) is 127 cm³/mol. The third kappa shape index (κ3) is 4.38. The van der Waals surface area contributed by atoms with Gasteiger partial charge in [-0.1, -0.05) is 23.7 Å². The van der Waals surface area contributed by atoms with E-state index in [0.29, 0.717) is 22.7 Å². The summed E-state index contributed by atoms with van der Waals surface area (Å²) < 4.78 is 25.9. The molecule has 4 rings (SSSR count). The summed E-state index contributed by atoms with van der Waals surface area (Å²) in [5.74, 6) is 0.0243. The van der Waals surface area contributed by atoms with Crippen molar-refractivity contribution in [3.05, 3.63) is 70.5 Å². The molecule has 32 heavy (non-hydrogen) atoms. The molecule has 1 saturated heterocycles. The van der Waals surface area contributed by atoms with Crippen molar-refractivity contribution in [2.45, 2.75) is 31.6 Å². The summed E-state index contributed by atoms with van der Waals surface area (Å²) >= 11 is 6.08. The van der Waals surface area contributed by atoms with Crippen molar-refractivity contribution in [2.75, 3.05) is 19.6 Å². The van der Waals surface area contributed by atoms with Crippen molar-refractivity contribution in [3.63, 3.8) is 0 Å². The number of hydrogen-bond acceptors (Lipinski definition) is 4. The number of hydrogen-bond donors (Lipinski definition) is 1. The normalized spacial score (nSPS) is 14.8. The van der Waals surface area contributed by atoms with E-state index in [-0.39, 0.29) is 10.7 Å². The maximum absolute atomic E-state index is 13.5. The monoisotopic (exact) mass is 471 g/mol. The molecule has 0 unspecified atom stereocenters. The van der Waals surface area contributed by atoms with Gasteiger partial charge in [-0.25, -0.2) is 13.6 Å². The van der Waals surface area contributed by atoms with Crippen molar-refractivity contribution < 1.29 is 13.2 Å². The number of sulfonamides is 1. The second kappa shape index (κ2) is 8.83. The quantitative estimate of drug-likeness (QED) is 0.542. The third-order valence-electron chi connectivity index (χ3n) is 6.03. The highest BCUT2D eigenvalue weighted by Crippen LogP contribution is 2.36. The Balaban J connectivity index is 1.92. The number of nitrogens with zero attached hydrogens (tertiary/aromatic N) is 2. The largest absolute Gasteiger partial charge is 0.317 e. The molecule has 1 aromatic heterocycles. The third-order valence-corrected chi connectivity index (χ3v) is 7.19. The fraction of sp³-hybridized carbons (Fsp3) is 0.292. The summed E-state index contributed by atoms with van der Waals surface area (Å²) in [5.41, 5.74) is 4.53. The van der Waals surface area contributed by atoms with Crippen LogP contribution in [0.1, 0.15) is 34.6 Å². The lowest BCUT2D eigenvalue weighted by molar-refractivity contribution is 0.0945. The number of Topliss-reactive ketones (excluding diaryl/α,β-unsaturated/α-hetero) is 1. The molecule has 0 radical (unpaired) electrons. The second-order valence-corrected chi connectivity index (χ2v) is 10.2. The van der Waals surface area contributed by atoms with Crippen LogP contribution >= 0.6 is 11.6 Å². The summed E-state index contributed by atoms with van der Waals surface area (Å²) in [6, 6.07) is 13.9. The zero-order valence-corrected chi connectivity index (χ0v) is 19.7. The van der Waals surface area contributed by atoms with Crippen molar-refractivity contribution >= 4 is 27.4 Å². The molecule has 1 aliphatic heterocycles. The lowest BCUT2D eigenvalue weighted by Gasteiger charge is -2.14. The lowest BCUT2D eigenvalue weighted by atomic mass is 9.97. The van der Waals surface area contributed by atoms with Gasteiger partial charge < -0.3 is 4.57 Å². The minimum atomic E-state index is -3.87. The van der Waals surface area contributed by atoms with Crippen molar-refractivity contribution in [1.29, 1.82) is 0 Å². The molecule has 0 bridgehead atoms. The highest BCUT2D eigenvalue weighted by Gasteiger charge is 2.27. The SMILES string of the molecule is Cc1c(C(=O)CN2CCCC2)c(-c2cccc(S(N)(=O)=O)c2)c(C)n1-c1ccc(Cl)cc1. The van der Waals surface area contributed by atoms with E-state index in [1.807, 2.05) is 48.7 Å². The van der Waals surface area contributed by atoms with Crippen LogP contribution in [-0.2, 0) is 10.0 Å². The number of likely N-dealkylation sites (tertiary alicyclic amines) is 1. The van der Waals surface area contributed by atoms with Gasteiger partial charge in [-0.05, 0) is 81.7 Å². The van der Waals surface area contributed by atoms with E-state index in [1.54, 1.807) is 6.07 Å². The summed E-state index contributed by atoms with van der Waals surface area (Å²) in [6.07, 6.45) is 2.20. The summed E-state index contributed by atoms with van der Waals surface area (Å²) in [4.78, 5) is 15.7. The molecule has 2 aromatic carbocycles. The highest BCUT2D eigenvalue weighted by molar-refractivity contribution is 7.89. The first-order valence-corrected chi connectivity index (χ1v) is 12.5. The van der Waals surface area contributed by atoms with E-state index < -0.39 is 10.0 Å². The van der Waals surface area contributed by atoms with Gasteiger partial charge in [0.25, 0.3) is 0 Å². The first-order valence-electron chi connectivity index (χ1n) is 10.5. The van der Waals surface area contributed by atoms with E-state index in [9.17, 15) is 13.2 Å². The van der Waals surface area contributed by atoms with E-state index >= 15 is 0 Å². The fourth-order valence-electron chi connectivity index (χ4n) is 4.56. The number of nitrogens with two attached hydrogens (primary N) is 1. The molecule has 0 amide bonds. The van der Waals surface area contributed by atoms with Crippen LogP contribution in [0.25, 0.3) is 16.8 Å². The molecule has 3 aromatic rings. The van der Waals surface area contributed by atoms with Gasteiger partial charge in [-0.2, -0.15) is 0 Å². The number of aromatic nitrogens is 1. The van der Waals surface area contributed by atoms with Gasteiger partial charge in [0.15, 0.2) is 5.78 Å². The van der Waals surface area contributed by atoms with Crippen molar-refractivity contribution in [3.8, 4) is 16.8 Å². The number of carbonyl (C=O) groups excluding carboxylic acids is 1. The molecular weight excluding hydrogens is 446 g/mol. The molecule has 1 fully saturated rings. The summed E-state index contributed by atoms with van der Waals surface area (Å²) in [5, 5.41) is 6.00. The van der Waals surface area contributed by atoms with Gasteiger partial charge in [-0.15, -0.1) is 0 Å². The van der Waals surface area contributed by atoms with E-state index in [0.717, 1.165) is 48.6 Å². The molecular formula is C24H26ClN3O3S. The number of halogens is 1. The van der Waals surface area contributed by atoms with Crippen molar-refractivity contribution in [2.24, 2.45) is 5.14 Å². The first-order chi connectivity index (χ1) is 15.2. The topological polar surface area (TPSA) is 85.4 Å². The number of carbonyl (C=O) groups is 1. The Hall–Kier alpha value is -2.45.